The largest absolute Gasteiger partial charge is 0.443 e. The van der Waals surface area contributed by atoms with Gasteiger partial charge in [-0.1, -0.05) is 33.1 Å². The summed E-state index contributed by atoms with van der Waals surface area (Å²) in [6.45, 7) is 9.18. The summed E-state index contributed by atoms with van der Waals surface area (Å²) in [4.78, 5) is 26.4. The second-order valence-corrected chi connectivity index (χ2v) is 7.25. The zero-order valence-electron chi connectivity index (χ0n) is 14.0. The summed E-state index contributed by atoms with van der Waals surface area (Å²) < 4.78 is 5.41. The van der Waals surface area contributed by atoms with Crippen molar-refractivity contribution in [2.75, 3.05) is 0 Å². The molecule has 0 unspecified atom stereocenters. The van der Waals surface area contributed by atoms with E-state index < -0.39 is 17.7 Å². The van der Waals surface area contributed by atoms with Gasteiger partial charge in [-0.3, -0.25) is 4.79 Å². The molecule has 0 bridgehead atoms. The van der Waals surface area contributed by atoms with Crippen molar-refractivity contribution >= 4 is 12.0 Å². The van der Waals surface area contributed by atoms with Crippen molar-refractivity contribution < 1.29 is 14.3 Å². The Morgan fingerprint density at radius 2 is 1.67 bits per heavy atom. The molecule has 0 spiro atoms. The topological polar surface area (TPSA) is 72.6 Å². The number of rotatable bonds is 3. The van der Waals surface area contributed by atoms with E-state index in [2.05, 4.69) is 0 Å². The van der Waals surface area contributed by atoms with Crippen LogP contribution in [0, 0.1) is 5.92 Å². The molecular weight excluding hydrogens is 268 g/mol. The first-order valence-electron chi connectivity index (χ1n) is 7.95. The van der Waals surface area contributed by atoms with E-state index in [1.165, 1.54) is 4.90 Å². The van der Waals surface area contributed by atoms with Crippen molar-refractivity contribution in [2.24, 2.45) is 11.7 Å². The van der Waals surface area contributed by atoms with E-state index in [1.807, 2.05) is 13.8 Å². The van der Waals surface area contributed by atoms with Gasteiger partial charge >= 0.3 is 6.09 Å². The summed E-state index contributed by atoms with van der Waals surface area (Å²) in [6.07, 6.45) is 4.35. The van der Waals surface area contributed by atoms with Gasteiger partial charge in [0.05, 0.1) is 6.04 Å². The highest BCUT2D eigenvalue weighted by atomic mass is 16.6. The number of carbonyl (C=O) groups excluding carboxylic acids is 2. The van der Waals surface area contributed by atoms with Crippen molar-refractivity contribution in [3.63, 3.8) is 0 Å². The fourth-order valence-electron chi connectivity index (χ4n) is 2.52. The third-order valence-electron chi connectivity index (χ3n) is 3.77. The van der Waals surface area contributed by atoms with Gasteiger partial charge in [0.25, 0.3) is 0 Å². The Bertz CT molecular complexity index is 368. The average Bonchev–Trinajstić information content (AvgIpc) is 2.36. The predicted molar refractivity (Wildman–Crippen MR) is 82.8 cm³/mol. The molecule has 122 valence electrons. The van der Waals surface area contributed by atoms with Gasteiger partial charge in [-0.05, 0) is 39.5 Å². The lowest BCUT2D eigenvalue weighted by Gasteiger charge is -2.35. The first-order valence-corrected chi connectivity index (χ1v) is 7.95. The molecule has 1 saturated carbocycles. The standard InChI is InChI=1S/C16H30N2O3/c1-11(2)13(17)14(19)18(12-9-7-6-8-10-12)15(20)21-16(3,4)5/h11-13H,6-10,17H2,1-5H3/t13-/m1/s1. The molecule has 1 rings (SSSR count). The molecule has 1 fully saturated rings. The van der Waals surface area contributed by atoms with Crippen LogP contribution in [0.1, 0.15) is 66.7 Å². The van der Waals surface area contributed by atoms with E-state index in [0.29, 0.717) is 0 Å². The average molecular weight is 298 g/mol. The van der Waals surface area contributed by atoms with Crippen molar-refractivity contribution in [3.05, 3.63) is 0 Å². The molecule has 21 heavy (non-hydrogen) atoms. The second-order valence-electron chi connectivity index (χ2n) is 7.25. The lowest BCUT2D eigenvalue weighted by molar-refractivity contribution is -0.135. The van der Waals surface area contributed by atoms with Crippen molar-refractivity contribution in [1.82, 2.24) is 4.90 Å². The maximum atomic E-state index is 12.6. The highest BCUT2D eigenvalue weighted by Gasteiger charge is 2.37. The Kier molecular flexibility index (Phi) is 6.20. The first-order chi connectivity index (χ1) is 9.63. The molecule has 2 N–H and O–H groups in total. The predicted octanol–water partition coefficient (Wildman–Crippen LogP) is 3.07. The highest BCUT2D eigenvalue weighted by molar-refractivity contribution is 5.95. The minimum Gasteiger partial charge on any atom is -0.443 e. The van der Waals surface area contributed by atoms with Crippen molar-refractivity contribution in [1.29, 1.82) is 0 Å². The van der Waals surface area contributed by atoms with Crippen LogP contribution >= 0.6 is 0 Å². The minimum absolute atomic E-state index is 0.00831. The van der Waals surface area contributed by atoms with Gasteiger partial charge in [-0.2, -0.15) is 0 Å². The maximum Gasteiger partial charge on any atom is 0.417 e. The molecular formula is C16H30N2O3. The summed E-state index contributed by atoms with van der Waals surface area (Å²) in [6, 6.07) is -0.745. The van der Waals surface area contributed by atoms with Crippen molar-refractivity contribution in [2.45, 2.75) is 84.4 Å². The number of ether oxygens (including phenoxy) is 1. The van der Waals surface area contributed by atoms with Crippen molar-refractivity contribution in [3.8, 4) is 0 Å². The van der Waals surface area contributed by atoms with Crippen LogP contribution in [-0.4, -0.2) is 34.6 Å². The number of amides is 2. The molecule has 2 amide bonds. The van der Waals surface area contributed by atoms with Crippen LogP contribution in [0.15, 0.2) is 0 Å². The Labute approximate surface area is 128 Å². The monoisotopic (exact) mass is 298 g/mol. The number of nitrogens with zero attached hydrogens (tertiary/aromatic N) is 1. The van der Waals surface area contributed by atoms with Gasteiger partial charge in [-0.25, -0.2) is 9.69 Å². The van der Waals surface area contributed by atoms with Gasteiger partial charge < -0.3 is 10.5 Å². The minimum atomic E-state index is -0.667. The Hall–Kier alpha value is -1.10. The van der Waals surface area contributed by atoms with E-state index in [9.17, 15) is 9.59 Å². The molecule has 0 radical (unpaired) electrons. The molecule has 0 aromatic rings. The smallest absolute Gasteiger partial charge is 0.417 e. The first kappa shape index (κ1) is 18.0. The van der Waals surface area contributed by atoms with Crippen LogP contribution in [0.5, 0.6) is 0 Å². The van der Waals surface area contributed by atoms with Gasteiger partial charge in [-0.15, -0.1) is 0 Å². The fourth-order valence-corrected chi connectivity index (χ4v) is 2.52. The molecule has 0 heterocycles. The molecule has 1 atom stereocenters. The highest BCUT2D eigenvalue weighted by Crippen LogP contribution is 2.25. The molecule has 0 aliphatic heterocycles. The van der Waals surface area contributed by atoms with Gasteiger partial charge in [0.2, 0.25) is 5.91 Å². The van der Waals surface area contributed by atoms with Crippen LogP contribution in [0.25, 0.3) is 0 Å². The van der Waals surface area contributed by atoms with E-state index in [-0.39, 0.29) is 17.9 Å². The Morgan fingerprint density at radius 1 is 1.14 bits per heavy atom. The molecule has 0 aromatic carbocycles. The lowest BCUT2D eigenvalue weighted by atomic mass is 9.93. The third-order valence-corrected chi connectivity index (χ3v) is 3.77. The van der Waals surface area contributed by atoms with E-state index in [1.54, 1.807) is 20.8 Å². The van der Waals surface area contributed by atoms with Crippen LogP contribution in [0.4, 0.5) is 4.79 Å². The zero-order chi connectivity index (χ0) is 16.2. The maximum absolute atomic E-state index is 12.6. The number of carbonyl (C=O) groups is 2. The molecule has 1 aliphatic carbocycles. The van der Waals surface area contributed by atoms with Gasteiger partial charge in [0.15, 0.2) is 0 Å². The second kappa shape index (κ2) is 7.25. The zero-order valence-corrected chi connectivity index (χ0v) is 14.0. The van der Waals surface area contributed by atoms with E-state index >= 15 is 0 Å². The SMILES string of the molecule is CC(C)[C@@H](N)C(=O)N(C(=O)OC(C)(C)C)C1CCCCC1. The lowest BCUT2D eigenvalue weighted by Crippen LogP contribution is -2.54. The molecule has 0 aromatic heterocycles. The summed E-state index contributed by atoms with van der Waals surface area (Å²) in [5, 5.41) is 0. The Balaban J connectivity index is 2.93. The summed E-state index contributed by atoms with van der Waals surface area (Å²) >= 11 is 0. The van der Waals surface area contributed by atoms with E-state index in [4.69, 9.17) is 10.5 Å². The third kappa shape index (κ3) is 5.30. The molecule has 1 aliphatic rings. The quantitative estimate of drug-likeness (QED) is 0.869. The number of nitrogens with two attached hydrogens (primary N) is 1. The van der Waals surface area contributed by atoms with Gasteiger partial charge in [0, 0.05) is 6.04 Å². The fraction of sp³-hybridized carbons (Fsp3) is 0.875. The number of hydrogen-bond donors (Lipinski definition) is 1. The van der Waals surface area contributed by atoms with Crippen LogP contribution < -0.4 is 5.73 Å². The molecule has 0 saturated heterocycles. The van der Waals surface area contributed by atoms with Crippen LogP contribution in [-0.2, 0) is 9.53 Å². The summed E-state index contributed by atoms with van der Waals surface area (Å²) in [7, 11) is 0. The van der Waals surface area contributed by atoms with Crippen LogP contribution in [0.3, 0.4) is 0 Å². The summed E-state index contributed by atoms with van der Waals surface area (Å²) in [5.41, 5.74) is 5.35. The molecule has 5 nitrogen and oxygen atoms in total. The number of hydrogen-bond acceptors (Lipinski definition) is 4. The summed E-state index contributed by atoms with van der Waals surface area (Å²) in [5.74, 6) is -0.322. The number of imide groups is 1. The Morgan fingerprint density at radius 3 is 2.10 bits per heavy atom. The molecule has 5 heteroatoms. The van der Waals surface area contributed by atoms with Gasteiger partial charge in [0.1, 0.15) is 5.60 Å². The van der Waals surface area contributed by atoms with Crippen LogP contribution in [0.2, 0.25) is 0 Å². The normalized spacial score (nSPS) is 18.4. The van der Waals surface area contributed by atoms with E-state index in [0.717, 1.165) is 32.1 Å².